The molecule has 0 saturated heterocycles. The van der Waals surface area contributed by atoms with Crippen molar-refractivity contribution in [3.63, 3.8) is 0 Å². The maximum Gasteiger partial charge on any atom is 0.164 e. The zero-order chi connectivity index (χ0) is 47.8. The predicted molar refractivity (Wildman–Crippen MR) is 282 cm³/mol. The maximum atomic E-state index is 7.16. The number of hydrogen-bond acceptors (Lipinski definition) is 7. The van der Waals surface area contributed by atoms with E-state index in [-0.39, 0.29) is 5.41 Å². The van der Waals surface area contributed by atoms with Crippen molar-refractivity contribution < 1.29 is 4.74 Å². The van der Waals surface area contributed by atoms with Gasteiger partial charge in [-0.05, 0) is 74.4 Å². The molecule has 0 spiro atoms. The van der Waals surface area contributed by atoms with Crippen molar-refractivity contribution in [2.24, 2.45) is 0 Å². The van der Waals surface area contributed by atoms with Gasteiger partial charge in [0.1, 0.15) is 11.5 Å². The summed E-state index contributed by atoms with van der Waals surface area (Å²) in [6, 6.07) is 54.6. The SMILES string of the molecule is C/C=C(C)\C(=C/CC)c1nc(-c2ccc(-c3cccc4c3Oc3c(-c5ccc(-c6nc(-c7ccccc7C)nc(-c7ccccc7C)n6)cc5)cccc3C4(C)C)cc2)nc(-c2ccccc2C)n1. The molecule has 9 aromatic rings. The van der Waals surface area contributed by atoms with Crippen LogP contribution in [0.3, 0.4) is 0 Å². The molecule has 0 atom stereocenters. The topological polar surface area (TPSA) is 86.6 Å². The molecule has 3 heterocycles. The third-order valence-corrected chi connectivity index (χ3v) is 13.4. The van der Waals surface area contributed by atoms with Gasteiger partial charge in [0.05, 0.1) is 0 Å². The summed E-state index contributed by atoms with van der Waals surface area (Å²) in [6.07, 6.45) is 5.17. The molecular weight excluding hydrogens is 845 g/mol. The van der Waals surface area contributed by atoms with Crippen LogP contribution in [0.2, 0.25) is 0 Å². The molecule has 0 bridgehead atoms. The number of ether oxygens (including phenoxy) is 1. The first-order chi connectivity index (χ1) is 33.5. The van der Waals surface area contributed by atoms with Gasteiger partial charge in [0.15, 0.2) is 34.9 Å². The Morgan fingerprint density at radius 2 is 0.812 bits per heavy atom. The van der Waals surface area contributed by atoms with E-state index in [1.807, 2.05) is 36.4 Å². The molecule has 0 fully saturated rings. The van der Waals surface area contributed by atoms with Crippen molar-refractivity contribution in [2.75, 3.05) is 0 Å². The van der Waals surface area contributed by atoms with E-state index in [1.54, 1.807) is 0 Å². The first-order valence-corrected chi connectivity index (χ1v) is 23.7. The first kappa shape index (κ1) is 44.7. The van der Waals surface area contributed by atoms with Gasteiger partial charge in [-0.25, -0.2) is 29.9 Å². The number of nitrogens with zero attached hydrogens (tertiary/aromatic N) is 6. The molecule has 1 aliphatic heterocycles. The highest BCUT2D eigenvalue weighted by atomic mass is 16.5. The number of benzene rings is 7. The molecule has 2 aromatic heterocycles. The van der Waals surface area contributed by atoms with Gasteiger partial charge >= 0.3 is 0 Å². The number of allylic oxidation sites excluding steroid dienone is 4. The van der Waals surface area contributed by atoms with Crippen LogP contribution in [0, 0.1) is 20.8 Å². The molecule has 0 N–H and O–H groups in total. The van der Waals surface area contributed by atoms with E-state index in [0.717, 1.165) is 107 Å². The number of fused-ring (bicyclic) bond motifs is 2. The van der Waals surface area contributed by atoms with Gasteiger partial charge in [-0.15, -0.1) is 0 Å². The summed E-state index contributed by atoms with van der Waals surface area (Å²) >= 11 is 0. The van der Waals surface area contributed by atoms with Gasteiger partial charge < -0.3 is 4.74 Å². The van der Waals surface area contributed by atoms with Crippen molar-refractivity contribution >= 4 is 5.57 Å². The molecule has 0 unspecified atom stereocenters. The summed E-state index contributed by atoms with van der Waals surface area (Å²) in [4.78, 5) is 30.3. The minimum Gasteiger partial charge on any atom is -0.455 e. The average Bonchev–Trinajstić information content (AvgIpc) is 3.38. The van der Waals surface area contributed by atoms with E-state index < -0.39 is 0 Å². The molecule has 0 saturated carbocycles. The summed E-state index contributed by atoms with van der Waals surface area (Å²) in [6.45, 7) is 17.1. The Morgan fingerprint density at radius 1 is 0.449 bits per heavy atom. The number of aromatic nitrogens is 6. The van der Waals surface area contributed by atoms with Crippen LogP contribution < -0.4 is 4.74 Å². The lowest BCUT2D eigenvalue weighted by atomic mass is 9.74. The zero-order valence-corrected chi connectivity index (χ0v) is 40.5. The Balaban J connectivity index is 1.01. The second-order valence-electron chi connectivity index (χ2n) is 18.3. The summed E-state index contributed by atoms with van der Waals surface area (Å²) in [7, 11) is 0. The van der Waals surface area contributed by atoms with E-state index in [4.69, 9.17) is 34.6 Å². The lowest BCUT2D eigenvalue weighted by molar-refractivity contribution is 0.421. The fourth-order valence-electron chi connectivity index (χ4n) is 9.33. The number of para-hydroxylation sites is 2. The second-order valence-corrected chi connectivity index (χ2v) is 18.3. The standard InChI is InChI=1S/C62H54N6O/c1-9-19-46(38(3)10-2)58-63-56(64-59(67-58)47-23-14-11-20-39(47)4)44-34-30-42(31-35-44)50-26-17-28-52-54(50)69-55-51(27-18-29-53(55)62(52,7)8)43-32-36-45(37-33-43)57-65-60(48-24-15-12-21-40(48)5)68-61(66-57)49-25-16-13-22-41(49)6/h10-37H,9H2,1-8H3/b38-10-,46-19+. The minimum absolute atomic E-state index is 0.348. The van der Waals surface area contributed by atoms with Crippen LogP contribution in [0.25, 0.3) is 84.8 Å². The fourth-order valence-corrected chi connectivity index (χ4v) is 9.33. The lowest BCUT2D eigenvalue weighted by Gasteiger charge is -2.36. The molecule has 7 aromatic carbocycles. The Kier molecular flexibility index (Phi) is 12.0. The van der Waals surface area contributed by atoms with Crippen molar-refractivity contribution in [3.8, 4) is 90.7 Å². The molecule has 7 nitrogen and oxygen atoms in total. The quantitative estimate of drug-likeness (QED) is 0.126. The van der Waals surface area contributed by atoms with E-state index in [2.05, 4.69) is 189 Å². The van der Waals surface area contributed by atoms with E-state index in [9.17, 15) is 0 Å². The smallest absolute Gasteiger partial charge is 0.164 e. The van der Waals surface area contributed by atoms with E-state index >= 15 is 0 Å². The molecule has 10 rings (SSSR count). The summed E-state index contributed by atoms with van der Waals surface area (Å²) in [5.74, 6) is 5.58. The highest BCUT2D eigenvalue weighted by Gasteiger charge is 2.37. The molecule has 0 amide bonds. The van der Waals surface area contributed by atoms with Crippen LogP contribution in [0.15, 0.2) is 175 Å². The Bertz CT molecular complexity index is 3410. The van der Waals surface area contributed by atoms with Crippen LogP contribution in [0.5, 0.6) is 11.5 Å². The molecule has 0 aliphatic carbocycles. The van der Waals surface area contributed by atoms with Crippen molar-refractivity contribution in [1.82, 2.24) is 29.9 Å². The van der Waals surface area contributed by atoms with Crippen molar-refractivity contribution in [1.29, 1.82) is 0 Å². The van der Waals surface area contributed by atoms with Crippen LogP contribution in [0.1, 0.15) is 74.7 Å². The number of rotatable bonds is 10. The van der Waals surface area contributed by atoms with E-state index in [1.165, 1.54) is 0 Å². The van der Waals surface area contributed by atoms with Crippen LogP contribution in [-0.4, -0.2) is 29.9 Å². The number of hydrogen-bond donors (Lipinski definition) is 0. The molecule has 69 heavy (non-hydrogen) atoms. The van der Waals surface area contributed by atoms with Crippen LogP contribution in [-0.2, 0) is 5.41 Å². The van der Waals surface area contributed by atoms with Crippen molar-refractivity contribution in [3.05, 3.63) is 209 Å². The highest BCUT2D eigenvalue weighted by molar-refractivity contribution is 5.83. The molecule has 0 radical (unpaired) electrons. The van der Waals surface area contributed by atoms with Gasteiger partial charge in [0.25, 0.3) is 0 Å². The molecule has 1 aliphatic rings. The van der Waals surface area contributed by atoms with Gasteiger partial charge in [-0.1, -0.05) is 191 Å². The zero-order valence-electron chi connectivity index (χ0n) is 40.5. The minimum atomic E-state index is -0.348. The normalized spacial score (nSPS) is 13.1. The summed E-state index contributed by atoms with van der Waals surface area (Å²) in [5, 5.41) is 0. The number of aryl methyl sites for hydroxylation is 3. The second kappa shape index (κ2) is 18.5. The molecule has 7 heteroatoms. The first-order valence-electron chi connectivity index (χ1n) is 23.7. The van der Waals surface area contributed by atoms with Gasteiger partial charge in [-0.3, -0.25) is 0 Å². The van der Waals surface area contributed by atoms with Gasteiger partial charge in [0.2, 0.25) is 0 Å². The largest absolute Gasteiger partial charge is 0.455 e. The molecule has 338 valence electrons. The monoisotopic (exact) mass is 898 g/mol. The third kappa shape index (κ3) is 8.46. The van der Waals surface area contributed by atoms with Crippen molar-refractivity contribution in [2.45, 2.75) is 67.2 Å². The summed E-state index contributed by atoms with van der Waals surface area (Å²) in [5.41, 5.74) is 16.2. The summed E-state index contributed by atoms with van der Waals surface area (Å²) < 4.78 is 7.16. The fraction of sp³-hybridized carbons (Fsp3) is 0.161. The maximum absolute atomic E-state index is 7.16. The predicted octanol–water partition coefficient (Wildman–Crippen LogP) is 15.8. The Morgan fingerprint density at radius 3 is 1.23 bits per heavy atom. The highest BCUT2D eigenvalue weighted by Crippen LogP contribution is 2.54. The lowest BCUT2D eigenvalue weighted by Crippen LogP contribution is -2.25. The Hall–Kier alpha value is -8.16. The Labute approximate surface area is 405 Å². The van der Waals surface area contributed by atoms with Gasteiger partial charge in [0, 0.05) is 61.1 Å². The third-order valence-electron chi connectivity index (χ3n) is 13.4. The van der Waals surface area contributed by atoms with E-state index in [0.29, 0.717) is 34.9 Å². The average molecular weight is 899 g/mol. The van der Waals surface area contributed by atoms with Gasteiger partial charge in [-0.2, -0.15) is 0 Å². The van der Waals surface area contributed by atoms with Crippen LogP contribution in [0.4, 0.5) is 0 Å². The van der Waals surface area contributed by atoms with Crippen LogP contribution >= 0.6 is 0 Å². The molecular formula is C62H54N6O.